The first kappa shape index (κ1) is 16.6. The van der Waals surface area contributed by atoms with Crippen molar-refractivity contribution < 1.29 is 13.5 Å². The van der Waals surface area contributed by atoms with E-state index in [2.05, 4.69) is 10.5 Å². The molecule has 0 bridgehead atoms. The van der Waals surface area contributed by atoms with Crippen molar-refractivity contribution in [3.8, 4) is 5.75 Å². The Kier molecular flexibility index (Phi) is 5.36. The molecular formula is C20H16F2N2O. The normalized spacial score (nSPS) is 10.8. The van der Waals surface area contributed by atoms with Gasteiger partial charge in [0.15, 0.2) is 11.6 Å². The molecule has 0 aromatic heterocycles. The molecule has 0 aliphatic rings. The molecule has 0 radical (unpaired) electrons. The number of ether oxygens (including phenoxy) is 1. The van der Waals surface area contributed by atoms with Gasteiger partial charge in [0.25, 0.3) is 0 Å². The number of hydrogen-bond donors (Lipinski definition) is 1. The Balaban J connectivity index is 1.69. The Bertz CT molecular complexity index is 867. The number of hydrogen-bond acceptors (Lipinski definition) is 3. The minimum atomic E-state index is -0.987. The van der Waals surface area contributed by atoms with Crippen molar-refractivity contribution >= 4 is 11.9 Å². The molecule has 0 unspecified atom stereocenters. The minimum Gasteiger partial charge on any atom is -0.486 e. The Morgan fingerprint density at radius 3 is 2.48 bits per heavy atom. The highest BCUT2D eigenvalue weighted by Gasteiger charge is 2.09. The number of rotatable bonds is 6. The maximum atomic E-state index is 13.7. The van der Waals surface area contributed by atoms with Crippen LogP contribution in [0.5, 0.6) is 5.75 Å². The lowest BCUT2D eigenvalue weighted by molar-refractivity contribution is 0.284. The summed E-state index contributed by atoms with van der Waals surface area (Å²) < 4.78 is 32.3. The second-order valence-electron chi connectivity index (χ2n) is 5.28. The topological polar surface area (TPSA) is 33.6 Å². The number of benzene rings is 3. The van der Waals surface area contributed by atoms with Gasteiger partial charge in [-0.15, -0.1) is 0 Å². The van der Waals surface area contributed by atoms with E-state index < -0.39 is 11.6 Å². The molecule has 0 amide bonds. The lowest BCUT2D eigenvalue weighted by atomic mass is 10.1. The zero-order valence-corrected chi connectivity index (χ0v) is 13.3. The molecule has 0 aliphatic heterocycles. The number of para-hydroxylation sites is 1. The van der Waals surface area contributed by atoms with E-state index in [0.29, 0.717) is 0 Å². The summed E-state index contributed by atoms with van der Waals surface area (Å²) >= 11 is 0. The van der Waals surface area contributed by atoms with Gasteiger partial charge in [0, 0.05) is 5.56 Å². The zero-order valence-electron chi connectivity index (χ0n) is 13.3. The van der Waals surface area contributed by atoms with Gasteiger partial charge in [0.2, 0.25) is 5.82 Å². The molecule has 0 saturated carbocycles. The highest BCUT2D eigenvalue weighted by molar-refractivity contribution is 5.82. The van der Waals surface area contributed by atoms with Crippen LogP contribution in [-0.2, 0) is 6.61 Å². The average Bonchev–Trinajstić information content (AvgIpc) is 2.65. The van der Waals surface area contributed by atoms with Crippen LogP contribution in [0.15, 0.2) is 77.9 Å². The van der Waals surface area contributed by atoms with Gasteiger partial charge in [0.05, 0.1) is 11.9 Å². The average molecular weight is 338 g/mol. The van der Waals surface area contributed by atoms with Gasteiger partial charge in [-0.3, -0.25) is 5.43 Å². The van der Waals surface area contributed by atoms with E-state index in [4.69, 9.17) is 4.74 Å². The van der Waals surface area contributed by atoms with Gasteiger partial charge in [0.1, 0.15) is 6.61 Å². The summed E-state index contributed by atoms with van der Waals surface area (Å²) in [6.07, 6.45) is 1.66. The monoisotopic (exact) mass is 338 g/mol. The molecule has 0 spiro atoms. The molecule has 0 aliphatic carbocycles. The molecule has 0 heterocycles. The van der Waals surface area contributed by atoms with E-state index in [-0.39, 0.29) is 12.4 Å². The summed E-state index contributed by atoms with van der Waals surface area (Å²) in [5, 5.41) is 4.19. The highest BCUT2D eigenvalue weighted by Crippen LogP contribution is 2.21. The van der Waals surface area contributed by atoms with Crippen molar-refractivity contribution in [2.45, 2.75) is 6.61 Å². The lowest BCUT2D eigenvalue weighted by Crippen LogP contribution is -2.02. The van der Waals surface area contributed by atoms with Crippen LogP contribution < -0.4 is 10.2 Å². The van der Waals surface area contributed by atoms with Crippen molar-refractivity contribution in [3.63, 3.8) is 0 Å². The Labute approximate surface area is 144 Å². The van der Waals surface area contributed by atoms with E-state index >= 15 is 0 Å². The molecule has 3 nitrogen and oxygen atoms in total. The van der Waals surface area contributed by atoms with Crippen LogP contribution in [0.25, 0.3) is 0 Å². The maximum absolute atomic E-state index is 13.7. The molecule has 5 heteroatoms. The van der Waals surface area contributed by atoms with Crippen molar-refractivity contribution in [2.24, 2.45) is 5.10 Å². The van der Waals surface area contributed by atoms with Crippen molar-refractivity contribution in [3.05, 3.63) is 95.6 Å². The van der Waals surface area contributed by atoms with Gasteiger partial charge in [-0.2, -0.15) is 9.49 Å². The van der Waals surface area contributed by atoms with Crippen molar-refractivity contribution in [2.75, 3.05) is 5.43 Å². The standard InChI is InChI=1S/C20H16F2N2O/c21-18-11-6-12-19(20(18)22)25-14-16-8-5-4-7-15(16)13-23-24-17-9-2-1-3-10-17/h1-13,24H,14H2. The largest absolute Gasteiger partial charge is 0.486 e. The molecule has 3 aromatic rings. The Hall–Kier alpha value is -3.21. The first-order valence-electron chi connectivity index (χ1n) is 7.73. The third kappa shape index (κ3) is 4.41. The smallest absolute Gasteiger partial charge is 0.200 e. The van der Waals surface area contributed by atoms with Crippen LogP contribution >= 0.6 is 0 Å². The van der Waals surface area contributed by atoms with E-state index in [1.165, 1.54) is 12.1 Å². The summed E-state index contributed by atoms with van der Waals surface area (Å²) in [6.45, 7) is 0.105. The van der Waals surface area contributed by atoms with Crippen LogP contribution in [0.4, 0.5) is 14.5 Å². The second-order valence-corrected chi connectivity index (χ2v) is 5.28. The number of anilines is 1. The third-order valence-electron chi connectivity index (χ3n) is 3.53. The number of nitrogens with zero attached hydrogens (tertiary/aromatic N) is 1. The number of halogens is 2. The highest BCUT2D eigenvalue weighted by atomic mass is 19.2. The van der Waals surface area contributed by atoms with Crippen LogP contribution in [0.2, 0.25) is 0 Å². The fraction of sp³-hybridized carbons (Fsp3) is 0.0500. The molecule has 3 rings (SSSR count). The molecule has 25 heavy (non-hydrogen) atoms. The van der Waals surface area contributed by atoms with E-state index in [1.807, 2.05) is 54.6 Å². The van der Waals surface area contributed by atoms with Gasteiger partial charge >= 0.3 is 0 Å². The van der Waals surface area contributed by atoms with Crippen molar-refractivity contribution in [1.29, 1.82) is 0 Å². The predicted molar refractivity (Wildman–Crippen MR) is 94.8 cm³/mol. The van der Waals surface area contributed by atoms with Gasteiger partial charge in [-0.25, -0.2) is 4.39 Å². The zero-order chi connectivity index (χ0) is 17.5. The summed E-state index contributed by atoms with van der Waals surface area (Å²) in [6, 6.07) is 20.8. The Morgan fingerprint density at radius 1 is 0.880 bits per heavy atom. The molecule has 0 fully saturated rings. The van der Waals surface area contributed by atoms with E-state index in [0.717, 1.165) is 22.9 Å². The van der Waals surface area contributed by atoms with Crippen LogP contribution in [0.1, 0.15) is 11.1 Å². The second kappa shape index (κ2) is 8.06. The number of hydrazone groups is 1. The van der Waals surface area contributed by atoms with E-state index in [1.54, 1.807) is 6.21 Å². The SMILES string of the molecule is Fc1cccc(OCc2ccccc2C=NNc2ccccc2)c1F. The van der Waals surface area contributed by atoms with Crippen LogP contribution in [-0.4, -0.2) is 6.21 Å². The lowest BCUT2D eigenvalue weighted by Gasteiger charge is -2.09. The summed E-state index contributed by atoms with van der Waals surface area (Å²) in [4.78, 5) is 0. The quantitative estimate of drug-likeness (QED) is 0.507. The molecule has 1 N–H and O–H groups in total. The molecule has 126 valence electrons. The van der Waals surface area contributed by atoms with E-state index in [9.17, 15) is 8.78 Å². The fourth-order valence-electron chi connectivity index (χ4n) is 2.23. The van der Waals surface area contributed by atoms with Crippen molar-refractivity contribution in [1.82, 2.24) is 0 Å². The Morgan fingerprint density at radius 2 is 1.64 bits per heavy atom. The third-order valence-corrected chi connectivity index (χ3v) is 3.53. The summed E-state index contributed by atoms with van der Waals surface area (Å²) in [5.41, 5.74) is 5.43. The molecule has 3 aromatic carbocycles. The predicted octanol–water partition coefficient (Wildman–Crippen LogP) is 4.99. The molecule has 0 saturated heterocycles. The van der Waals surface area contributed by atoms with Crippen LogP contribution in [0.3, 0.4) is 0 Å². The maximum Gasteiger partial charge on any atom is 0.200 e. The van der Waals surface area contributed by atoms with Gasteiger partial charge in [-0.1, -0.05) is 48.5 Å². The summed E-state index contributed by atoms with van der Waals surface area (Å²) in [7, 11) is 0. The first-order valence-corrected chi connectivity index (χ1v) is 7.73. The van der Waals surface area contributed by atoms with Crippen LogP contribution in [0, 0.1) is 11.6 Å². The summed E-state index contributed by atoms with van der Waals surface area (Å²) in [5.74, 6) is -2.03. The van der Waals surface area contributed by atoms with Gasteiger partial charge < -0.3 is 4.74 Å². The molecular weight excluding hydrogens is 322 g/mol. The fourth-order valence-corrected chi connectivity index (χ4v) is 2.23. The first-order chi connectivity index (χ1) is 12.2. The molecule has 0 atom stereocenters. The minimum absolute atomic E-state index is 0.105. The van der Waals surface area contributed by atoms with Gasteiger partial charge in [-0.05, 0) is 29.8 Å². The number of nitrogens with one attached hydrogen (secondary N) is 1.